The van der Waals surface area contributed by atoms with E-state index in [1.165, 1.54) is 57.8 Å². The molecule has 6 heteroatoms. The zero-order chi connectivity index (χ0) is 27.4. The molecule has 220 valence electrons. The van der Waals surface area contributed by atoms with E-state index in [2.05, 4.69) is 47.3 Å². The Morgan fingerprint density at radius 2 is 0.889 bits per heavy atom. The molecule has 0 heterocycles. The SMILES string of the molecule is CCCCCCCCCCCCP(CCCC)(CCCC)(CCCC)OS(=O)(=O)CCC[Si](C)(C)C. The van der Waals surface area contributed by atoms with Crippen molar-refractivity contribution in [2.24, 2.45) is 0 Å². The molecule has 0 saturated heterocycles. The first kappa shape index (κ1) is 36.6. The molecule has 0 bridgehead atoms. The Kier molecular flexibility index (Phi) is 19.9. The van der Waals surface area contributed by atoms with E-state index >= 15 is 0 Å². The molecule has 0 aliphatic carbocycles. The van der Waals surface area contributed by atoms with Crippen LogP contribution in [0.15, 0.2) is 0 Å². The van der Waals surface area contributed by atoms with Crippen molar-refractivity contribution in [3.8, 4) is 0 Å². The Balaban J connectivity index is 5.46. The van der Waals surface area contributed by atoms with Crippen LogP contribution in [0.4, 0.5) is 0 Å². The molecule has 0 unspecified atom stereocenters. The quantitative estimate of drug-likeness (QED) is 0.0594. The summed E-state index contributed by atoms with van der Waals surface area (Å²) in [6, 6.07) is 1.06. The van der Waals surface area contributed by atoms with E-state index in [4.69, 9.17) is 3.97 Å². The van der Waals surface area contributed by atoms with Gasteiger partial charge in [-0.25, -0.2) is 0 Å². The summed E-state index contributed by atoms with van der Waals surface area (Å²) >= 11 is 0. The molecule has 3 nitrogen and oxygen atoms in total. The van der Waals surface area contributed by atoms with Crippen LogP contribution in [-0.4, -0.2) is 46.9 Å². The van der Waals surface area contributed by atoms with Gasteiger partial charge in [-0.2, -0.15) is 0 Å². The van der Waals surface area contributed by atoms with E-state index in [-0.39, 0.29) is 5.75 Å². The summed E-state index contributed by atoms with van der Waals surface area (Å²) in [6.45, 7) is 13.2. The molecule has 0 aliphatic rings. The Morgan fingerprint density at radius 3 is 1.28 bits per heavy atom. The summed E-state index contributed by atoms with van der Waals surface area (Å²) in [5, 5.41) is 0. The van der Waals surface area contributed by atoms with Gasteiger partial charge in [-0.3, -0.25) is 0 Å². The van der Waals surface area contributed by atoms with Crippen LogP contribution in [0.5, 0.6) is 0 Å². The molecule has 0 aromatic heterocycles. The topological polar surface area (TPSA) is 43.4 Å². The zero-order valence-electron chi connectivity index (χ0n) is 25.8. The van der Waals surface area contributed by atoms with Crippen LogP contribution in [0.2, 0.25) is 25.7 Å². The number of rotatable bonds is 26. The summed E-state index contributed by atoms with van der Waals surface area (Å²) in [7, 11) is -4.75. The van der Waals surface area contributed by atoms with Crippen LogP contribution in [0, 0.1) is 0 Å². The van der Waals surface area contributed by atoms with Crippen molar-refractivity contribution in [2.75, 3.05) is 30.4 Å². The average molecular weight is 567 g/mol. The van der Waals surface area contributed by atoms with Crippen molar-refractivity contribution in [3.05, 3.63) is 0 Å². The van der Waals surface area contributed by atoms with Gasteiger partial charge in [0.1, 0.15) is 0 Å². The van der Waals surface area contributed by atoms with Crippen LogP contribution in [-0.2, 0) is 14.1 Å². The van der Waals surface area contributed by atoms with E-state index in [0.29, 0.717) is 0 Å². The second-order valence-corrected chi connectivity index (χ2v) is 26.2. The van der Waals surface area contributed by atoms with Gasteiger partial charge in [0, 0.05) is 0 Å². The van der Waals surface area contributed by atoms with E-state index < -0.39 is 25.0 Å². The molecule has 0 aromatic carbocycles. The fourth-order valence-electron chi connectivity index (χ4n) is 5.63. The Labute approximate surface area is 229 Å². The predicted octanol–water partition coefficient (Wildman–Crippen LogP) is 10.9. The van der Waals surface area contributed by atoms with E-state index in [9.17, 15) is 8.42 Å². The van der Waals surface area contributed by atoms with Crippen LogP contribution in [0.1, 0.15) is 137 Å². The second kappa shape index (κ2) is 19.6. The summed E-state index contributed by atoms with van der Waals surface area (Å²) in [5.41, 5.74) is 0. The summed E-state index contributed by atoms with van der Waals surface area (Å²) in [5.74, 6) is 0.220. The maximum atomic E-state index is 13.5. The van der Waals surface area contributed by atoms with Crippen LogP contribution < -0.4 is 0 Å². The van der Waals surface area contributed by atoms with Gasteiger partial charge in [0.25, 0.3) is 0 Å². The van der Waals surface area contributed by atoms with Crippen molar-refractivity contribution < 1.29 is 12.4 Å². The normalized spacial score (nSPS) is 14.1. The minimum absolute atomic E-state index is 0.220. The summed E-state index contributed by atoms with van der Waals surface area (Å²) in [6.07, 6.45) is 24.7. The minimum atomic E-state index is -3.49. The van der Waals surface area contributed by atoms with Crippen molar-refractivity contribution in [2.45, 2.75) is 163 Å². The van der Waals surface area contributed by atoms with E-state index in [1.54, 1.807) is 0 Å². The maximum absolute atomic E-state index is 13.5. The monoisotopic (exact) mass is 566 g/mol. The molecule has 36 heavy (non-hydrogen) atoms. The van der Waals surface area contributed by atoms with Gasteiger partial charge in [0.05, 0.1) is 0 Å². The Morgan fingerprint density at radius 1 is 0.528 bits per heavy atom. The van der Waals surface area contributed by atoms with Crippen LogP contribution in [0.3, 0.4) is 0 Å². The van der Waals surface area contributed by atoms with Gasteiger partial charge >= 0.3 is 230 Å². The first-order valence-corrected chi connectivity index (χ1v) is 24.1. The van der Waals surface area contributed by atoms with Crippen molar-refractivity contribution >= 4 is 25.0 Å². The van der Waals surface area contributed by atoms with Gasteiger partial charge < -0.3 is 0 Å². The fourth-order valence-corrected chi connectivity index (χ4v) is 17.4. The average Bonchev–Trinajstić information content (AvgIpc) is 2.80. The summed E-state index contributed by atoms with van der Waals surface area (Å²) in [4.78, 5) is 0. The first-order chi connectivity index (χ1) is 17.0. The molecule has 0 rings (SSSR count). The third kappa shape index (κ3) is 17.2. The van der Waals surface area contributed by atoms with E-state index in [1.807, 2.05) is 0 Å². The molecule has 0 amide bonds. The Hall–Kier alpha value is 0.557. The molecular weight excluding hydrogens is 499 g/mol. The molecule has 0 aliphatic heterocycles. The molecule has 0 N–H and O–H groups in total. The van der Waals surface area contributed by atoms with E-state index in [0.717, 1.165) is 82.1 Å². The van der Waals surface area contributed by atoms with Crippen LogP contribution >= 0.6 is 6.83 Å². The van der Waals surface area contributed by atoms with Crippen LogP contribution in [0.25, 0.3) is 0 Å². The van der Waals surface area contributed by atoms with Gasteiger partial charge in [-0.05, 0) is 0 Å². The van der Waals surface area contributed by atoms with Gasteiger partial charge in [-0.1, -0.05) is 0 Å². The first-order valence-electron chi connectivity index (χ1n) is 15.9. The Bertz CT molecular complexity index is 606. The molecule has 0 atom stereocenters. The number of hydrogen-bond acceptors (Lipinski definition) is 3. The molecular formula is C30H67O3PSSi. The van der Waals surface area contributed by atoms with Crippen molar-refractivity contribution in [1.82, 2.24) is 0 Å². The van der Waals surface area contributed by atoms with Crippen molar-refractivity contribution in [3.63, 3.8) is 0 Å². The number of unbranched alkanes of at least 4 members (excludes halogenated alkanes) is 12. The molecule has 0 spiro atoms. The third-order valence-electron chi connectivity index (χ3n) is 7.95. The van der Waals surface area contributed by atoms with Crippen molar-refractivity contribution in [1.29, 1.82) is 0 Å². The zero-order valence-corrected chi connectivity index (χ0v) is 28.6. The predicted molar refractivity (Wildman–Crippen MR) is 171 cm³/mol. The molecule has 0 radical (unpaired) electrons. The van der Waals surface area contributed by atoms with Gasteiger partial charge in [0.15, 0.2) is 0 Å². The summed E-state index contributed by atoms with van der Waals surface area (Å²) < 4.78 is 33.8. The third-order valence-corrected chi connectivity index (χ3v) is 19.0. The molecule has 0 saturated carbocycles. The fraction of sp³-hybridized carbons (Fsp3) is 1.00. The van der Waals surface area contributed by atoms with Gasteiger partial charge in [0.2, 0.25) is 0 Å². The second-order valence-electron chi connectivity index (χ2n) is 13.0. The van der Waals surface area contributed by atoms with Gasteiger partial charge in [-0.15, -0.1) is 0 Å². The number of hydrogen-bond donors (Lipinski definition) is 0. The standard InChI is InChI=1S/C30H67O3PSSi/c1-8-12-16-17-18-19-20-21-22-23-28-34(25-13-9-2,26-14-10-3,27-15-11-4)33-35(31,32)29-24-30-36(5,6)7/h8-30H2,1-7H3. The molecule has 0 aromatic rings. The molecule has 0 fully saturated rings.